The number of hydrogen-bond acceptors (Lipinski definition) is 6. The zero-order valence-electron chi connectivity index (χ0n) is 27.1. The predicted octanol–water partition coefficient (Wildman–Crippen LogP) is 9.41. The second-order valence-electron chi connectivity index (χ2n) is 12.0. The van der Waals surface area contributed by atoms with Gasteiger partial charge in [0.05, 0.1) is 6.61 Å². The quantitative estimate of drug-likeness (QED) is 0.0757. The molecule has 2 unspecified atom stereocenters. The molecular weight excluding hydrogens is 611 g/mol. The third-order valence-corrected chi connectivity index (χ3v) is 8.71. The number of ketones is 1. The first kappa shape index (κ1) is 37.5. The van der Waals surface area contributed by atoms with Crippen LogP contribution >= 0.6 is 0 Å². The number of carbonyl (C=O) groups excluding carboxylic acids is 1. The maximum Gasteiger partial charge on any atom is 0.453 e. The molecule has 1 heterocycles. The Morgan fingerprint density at radius 2 is 1.37 bits per heavy atom. The molecule has 6 nitrogen and oxygen atoms in total. The normalized spacial score (nSPS) is 18.1. The van der Waals surface area contributed by atoms with E-state index in [9.17, 15) is 26.7 Å². The van der Waals surface area contributed by atoms with Gasteiger partial charge in [-0.3, -0.25) is 4.79 Å². The molecule has 11 heteroatoms. The zero-order valence-corrected chi connectivity index (χ0v) is 27.1. The lowest BCUT2D eigenvalue weighted by Crippen LogP contribution is -2.42. The van der Waals surface area contributed by atoms with E-state index in [-0.39, 0.29) is 43.5 Å². The molecule has 2 atom stereocenters. The SMILES string of the molecule is COCOc1ccc(C2(CCCCCCCCCC(=O)CCCC(F)(F)C(F)(F)F)c3ccc(OCOC)cc3OCC2C)cc1. The van der Waals surface area contributed by atoms with Crippen molar-refractivity contribution in [2.24, 2.45) is 5.92 Å². The van der Waals surface area contributed by atoms with Gasteiger partial charge in [0.15, 0.2) is 13.6 Å². The fourth-order valence-corrected chi connectivity index (χ4v) is 6.16. The van der Waals surface area contributed by atoms with Gasteiger partial charge in [-0.05, 0) is 43.0 Å². The second-order valence-corrected chi connectivity index (χ2v) is 12.0. The summed E-state index contributed by atoms with van der Waals surface area (Å²) in [6.07, 6.45) is -0.0652. The molecule has 1 aliphatic rings. The average Bonchev–Trinajstić information content (AvgIpc) is 3.02. The molecule has 2 aromatic carbocycles. The summed E-state index contributed by atoms with van der Waals surface area (Å²) < 4.78 is 90.4. The Morgan fingerprint density at radius 3 is 2.00 bits per heavy atom. The van der Waals surface area contributed by atoms with Gasteiger partial charge in [0.25, 0.3) is 0 Å². The molecule has 0 aliphatic carbocycles. The Kier molecular flexibility index (Phi) is 14.6. The summed E-state index contributed by atoms with van der Waals surface area (Å²) in [5.74, 6) is -2.59. The van der Waals surface area contributed by atoms with Crippen LogP contribution in [0.1, 0.15) is 95.1 Å². The number of ether oxygens (including phenoxy) is 5. The summed E-state index contributed by atoms with van der Waals surface area (Å²) in [4.78, 5) is 11.9. The van der Waals surface area contributed by atoms with Crippen LogP contribution in [0.3, 0.4) is 0 Å². The largest absolute Gasteiger partial charge is 0.493 e. The van der Waals surface area contributed by atoms with Crippen molar-refractivity contribution < 1.29 is 50.4 Å². The smallest absolute Gasteiger partial charge is 0.453 e. The van der Waals surface area contributed by atoms with E-state index in [4.69, 9.17) is 23.7 Å². The standard InChI is InChI=1S/C35H47F5O6/c1-26-23-44-32-22-30(46-25-43-3)18-19-31(32)33(26,27-14-16-29(17-15-27)45-24-42-2)20-10-8-6-4-5-7-9-12-28(41)13-11-21-34(36,37)35(38,39)40/h14-19,22,26H,4-13,20-21,23-25H2,1-3H3. The number of benzene rings is 2. The van der Waals surface area contributed by atoms with Crippen molar-refractivity contribution in [2.45, 2.75) is 101 Å². The highest BCUT2D eigenvalue weighted by Crippen LogP contribution is 2.51. The minimum Gasteiger partial charge on any atom is -0.493 e. The average molecular weight is 659 g/mol. The number of alkyl halides is 5. The highest BCUT2D eigenvalue weighted by atomic mass is 19.4. The van der Waals surface area contributed by atoms with E-state index < -0.39 is 24.9 Å². The van der Waals surface area contributed by atoms with Crippen LogP contribution in [0, 0.1) is 5.92 Å². The molecule has 0 N–H and O–H groups in total. The van der Waals surface area contributed by atoms with Crippen molar-refractivity contribution in [3.63, 3.8) is 0 Å². The lowest BCUT2D eigenvalue weighted by molar-refractivity contribution is -0.284. The molecule has 2 aromatic rings. The summed E-state index contributed by atoms with van der Waals surface area (Å²) in [6.45, 7) is 3.10. The monoisotopic (exact) mass is 658 g/mol. The van der Waals surface area contributed by atoms with Crippen molar-refractivity contribution in [3.8, 4) is 17.2 Å². The Balaban J connectivity index is 1.52. The van der Waals surface area contributed by atoms with Crippen molar-refractivity contribution in [2.75, 3.05) is 34.4 Å². The number of halogens is 5. The van der Waals surface area contributed by atoms with Crippen molar-refractivity contribution in [3.05, 3.63) is 53.6 Å². The maximum absolute atomic E-state index is 13.0. The van der Waals surface area contributed by atoms with E-state index in [2.05, 4.69) is 25.1 Å². The third-order valence-electron chi connectivity index (χ3n) is 8.71. The minimum atomic E-state index is -5.57. The van der Waals surface area contributed by atoms with Crippen LogP contribution in [0.4, 0.5) is 22.0 Å². The van der Waals surface area contributed by atoms with Gasteiger partial charge in [0.1, 0.15) is 23.0 Å². The van der Waals surface area contributed by atoms with Crippen LogP contribution in [0.2, 0.25) is 0 Å². The highest BCUT2D eigenvalue weighted by molar-refractivity contribution is 5.78. The summed E-state index contributed by atoms with van der Waals surface area (Å²) in [5, 5.41) is 0. The van der Waals surface area contributed by atoms with Crippen LogP contribution < -0.4 is 14.2 Å². The number of methoxy groups -OCH3 is 2. The van der Waals surface area contributed by atoms with E-state index in [0.717, 1.165) is 62.0 Å². The first-order chi connectivity index (χ1) is 21.9. The fourth-order valence-electron chi connectivity index (χ4n) is 6.16. The Hall–Kier alpha value is -2.92. The zero-order chi connectivity index (χ0) is 33.6. The molecule has 0 radical (unpaired) electrons. The number of Topliss-reactive ketones (excluding diaryl/α,β-unsaturated/α-hetero) is 1. The summed E-state index contributed by atoms with van der Waals surface area (Å²) >= 11 is 0. The van der Waals surface area contributed by atoms with Gasteiger partial charge in [-0.2, -0.15) is 22.0 Å². The van der Waals surface area contributed by atoms with Gasteiger partial charge in [-0.25, -0.2) is 0 Å². The van der Waals surface area contributed by atoms with E-state index in [1.165, 1.54) is 5.56 Å². The van der Waals surface area contributed by atoms with Crippen molar-refractivity contribution in [1.82, 2.24) is 0 Å². The van der Waals surface area contributed by atoms with Crippen LogP contribution in [-0.4, -0.2) is 52.3 Å². The number of unbranched alkanes of at least 4 members (excludes halogenated alkanes) is 6. The Bertz CT molecular complexity index is 1200. The molecule has 0 amide bonds. The van der Waals surface area contributed by atoms with Crippen LogP contribution in [0.15, 0.2) is 42.5 Å². The Labute approximate surface area is 268 Å². The summed E-state index contributed by atoms with van der Waals surface area (Å²) in [5.41, 5.74) is 2.03. The third kappa shape index (κ3) is 10.3. The van der Waals surface area contributed by atoms with Crippen LogP contribution in [-0.2, 0) is 19.7 Å². The topological polar surface area (TPSA) is 63.2 Å². The molecule has 258 valence electrons. The second kappa shape index (κ2) is 17.8. The first-order valence-electron chi connectivity index (χ1n) is 16.0. The summed E-state index contributed by atoms with van der Waals surface area (Å²) in [6, 6.07) is 14.1. The predicted molar refractivity (Wildman–Crippen MR) is 165 cm³/mol. The molecule has 3 rings (SSSR count). The van der Waals surface area contributed by atoms with Crippen LogP contribution in [0.25, 0.3) is 0 Å². The molecule has 46 heavy (non-hydrogen) atoms. The highest BCUT2D eigenvalue weighted by Gasteiger charge is 2.56. The van der Waals surface area contributed by atoms with Gasteiger partial charge >= 0.3 is 12.1 Å². The van der Waals surface area contributed by atoms with Gasteiger partial charge in [0, 0.05) is 56.4 Å². The fraction of sp³-hybridized carbons (Fsp3) is 0.629. The van der Waals surface area contributed by atoms with E-state index in [0.29, 0.717) is 18.8 Å². The number of hydrogen-bond donors (Lipinski definition) is 0. The van der Waals surface area contributed by atoms with Gasteiger partial charge < -0.3 is 23.7 Å². The minimum absolute atomic E-state index is 0.145. The molecule has 0 bridgehead atoms. The number of carbonyl (C=O) groups is 1. The van der Waals surface area contributed by atoms with E-state index in [1.807, 2.05) is 24.3 Å². The van der Waals surface area contributed by atoms with Gasteiger partial charge in [-0.1, -0.05) is 63.6 Å². The lowest BCUT2D eigenvalue weighted by Gasteiger charge is -2.45. The molecule has 0 saturated carbocycles. The molecular formula is C35H47F5O6. The molecule has 0 fully saturated rings. The Morgan fingerprint density at radius 1 is 0.804 bits per heavy atom. The molecule has 0 saturated heterocycles. The van der Waals surface area contributed by atoms with E-state index >= 15 is 0 Å². The van der Waals surface area contributed by atoms with Gasteiger partial charge in [-0.15, -0.1) is 0 Å². The number of fused-ring (bicyclic) bond motifs is 1. The maximum atomic E-state index is 13.0. The van der Waals surface area contributed by atoms with Crippen LogP contribution in [0.5, 0.6) is 17.2 Å². The lowest BCUT2D eigenvalue weighted by atomic mass is 9.62. The molecule has 0 spiro atoms. The van der Waals surface area contributed by atoms with E-state index in [1.54, 1.807) is 14.2 Å². The van der Waals surface area contributed by atoms with Gasteiger partial charge in [0.2, 0.25) is 0 Å². The summed E-state index contributed by atoms with van der Waals surface area (Å²) in [7, 11) is 3.16. The van der Waals surface area contributed by atoms with Crippen molar-refractivity contribution in [1.29, 1.82) is 0 Å². The number of rotatable bonds is 21. The van der Waals surface area contributed by atoms with Crippen molar-refractivity contribution >= 4 is 5.78 Å². The molecule has 0 aromatic heterocycles. The molecule has 1 aliphatic heterocycles. The first-order valence-corrected chi connectivity index (χ1v) is 16.0.